The van der Waals surface area contributed by atoms with Crippen molar-refractivity contribution in [3.63, 3.8) is 0 Å². The van der Waals surface area contributed by atoms with E-state index in [9.17, 15) is 4.79 Å². The molecule has 1 saturated heterocycles. The van der Waals surface area contributed by atoms with Gasteiger partial charge in [0.05, 0.1) is 36.6 Å². The topological polar surface area (TPSA) is 64.5 Å². The van der Waals surface area contributed by atoms with E-state index in [4.69, 9.17) is 14.5 Å². The zero-order chi connectivity index (χ0) is 18.5. The first-order valence-electron chi connectivity index (χ1n) is 8.88. The van der Waals surface area contributed by atoms with Gasteiger partial charge in [-0.3, -0.25) is 4.79 Å². The van der Waals surface area contributed by atoms with Crippen molar-refractivity contribution < 1.29 is 14.3 Å². The number of anilines is 1. The number of carbonyl (C=O) groups is 1. The predicted molar refractivity (Wildman–Crippen MR) is 103 cm³/mol. The van der Waals surface area contributed by atoms with Gasteiger partial charge >= 0.3 is 0 Å². The average Bonchev–Trinajstić information content (AvgIpc) is 3.08. The Bertz CT molecular complexity index is 739. The van der Waals surface area contributed by atoms with Crippen molar-refractivity contribution in [1.29, 1.82) is 0 Å². The summed E-state index contributed by atoms with van der Waals surface area (Å²) >= 11 is 1.50. The van der Waals surface area contributed by atoms with Crippen LogP contribution < -0.4 is 4.90 Å². The van der Waals surface area contributed by atoms with Crippen LogP contribution in [-0.4, -0.2) is 54.8 Å². The Balaban J connectivity index is 1.71. The molecule has 2 aromatic rings. The number of pyridine rings is 1. The fourth-order valence-corrected chi connectivity index (χ4v) is 3.91. The van der Waals surface area contributed by atoms with E-state index in [1.165, 1.54) is 11.3 Å². The third-order valence-electron chi connectivity index (χ3n) is 4.23. The number of hydrogen-bond acceptors (Lipinski definition) is 7. The van der Waals surface area contributed by atoms with E-state index in [0.717, 1.165) is 35.3 Å². The zero-order valence-corrected chi connectivity index (χ0v) is 16.3. The summed E-state index contributed by atoms with van der Waals surface area (Å²) in [6, 6.07) is 5.99. The number of aromatic nitrogens is 2. The lowest BCUT2D eigenvalue weighted by molar-refractivity contribution is -0.119. The van der Waals surface area contributed by atoms with E-state index in [-0.39, 0.29) is 18.0 Å². The number of ether oxygens (including phenoxy) is 2. The van der Waals surface area contributed by atoms with Crippen molar-refractivity contribution >= 4 is 22.9 Å². The van der Waals surface area contributed by atoms with Crippen molar-refractivity contribution in [2.45, 2.75) is 38.9 Å². The molecule has 3 rings (SSSR count). The van der Waals surface area contributed by atoms with Gasteiger partial charge in [0, 0.05) is 32.0 Å². The van der Waals surface area contributed by atoms with Crippen LogP contribution in [-0.2, 0) is 20.7 Å². The lowest BCUT2D eigenvalue weighted by atomic mass is 10.2. The molecule has 1 fully saturated rings. The molecule has 0 N–H and O–H groups in total. The number of thiazole rings is 1. The average molecular weight is 375 g/mol. The number of nitrogens with zero attached hydrogens (tertiary/aromatic N) is 3. The maximum absolute atomic E-state index is 11.9. The first-order valence-corrected chi connectivity index (χ1v) is 9.76. The highest BCUT2D eigenvalue weighted by molar-refractivity contribution is 7.10. The molecule has 0 saturated carbocycles. The third-order valence-corrected chi connectivity index (χ3v) is 5.07. The Labute approximate surface area is 158 Å². The van der Waals surface area contributed by atoms with Crippen LogP contribution >= 0.6 is 11.3 Å². The quantitative estimate of drug-likeness (QED) is 0.741. The summed E-state index contributed by atoms with van der Waals surface area (Å²) in [7, 11) is 1.60. The molecule has 2 aromatic heterocycles. The van der Waals surface area contributed by atoms with Crippen LogP contribution in [0.2, 0.25) is 0 Å². The molecule has 0 spiro atoms. The molecule has 3 heterocycles. The van der Waals surface area contributed by atoms with Crippen molar-refractivity contribution in [2.75, 3.05) is 31.7 Å². The lowest BCUT2D eigenvalue weighted by Gasteiger charge is -2.36. The van der Waals surface area contributed by atoms with Gasteiger partial charge in [0.15, 0.2) is 0 Å². The van der Waals surface area contributed by atoms with Crippen molar-refractivity contribution in [3.05, 3.63) is 28.6 Å². The van der Waals surface area contributed by atoms with Gasteiger partial charge in [-0.1, -0.05) is 6.07 Å². The number of methoxy groups -OCH3 is 1. The van der Waals surface area contributed by atoms with Gasteiger partial charge in [0.25, 0.3) is 0 Å². The smallest absolute Gasteiger partial charge is 0.141 e. The summed E-state index contributed by atoms with van der Waals surface area (Å²) in [5.74, 6) is 1.08. The van der Waals surface area contributed by atoms with Crippen LogP contribution in [0.25, 0.3) is 11.4 Å². The van der Waals surface area contributed by atoms with Crippen LogP contribution in [0.3, 0.4) is 0 Å². The second kappa shape index (κ2) is 8.70. The molecule has 26 heavy (non-hydrogen) atoms. The number of carbonyl (C=O) groups excluding carboxylic acids is 1. The van der Waals surface area contributed by atoms with E-state index in [2.05, 4.69) is 23.7 Å². The molecule has 1 aliphatic heterocycles. The molecule has 140 valence electrons. The number of rotatable bonds is 7. The van der Waals surface area contributed by atoms with Gasteiger partial charge in [0.2, 0.25) is 0 Å². The van der Waals surface area contributed by atoms with Crippen molar-refractivity contribution in [2.24, 2.45) is 0 Å². The van der Waals surface area contributed by atoms with E-state index in [1.54, 1.807) is 7.11 Å². The number of morpholine rings is 1. The summed E-state index contributed by atoms with van der Waals surface area (Å²) in [6.07, 6.45) is 1.15. The number of hydrogen-bond donors (Lipinski definition) is 0. The van der Waals surface area contributed by atoms with E-state index in [1.807, 2.05) is 23.6 Å². The number of Topliss-reactive ketones (excluding diaryl/α,β-unsaturated/α-hetero) is 1. The Kier molecular flexibility index (Phi) is 6.34. The third kappa shape index (κ3) is 4.87. The molecule has 0 aliphatic carbocycles. The minimum Gasteiger partial charge on any atom is -0.384 e. The van der Waals surface area contributed by atoms with Crippen LogP contribution in [0, 0.1) is 0 Å². The Hall–Kier alpha value is -1.83. The Morgan fingerprint density at radius 1 is 1.27 bits per heavy atom. The second-order valence-corrected chi connectivity index (χ2v) is 7.57. The summed E-state index contributed by atoms with van der Waals surface area (Å²) in [6.45, 7) is 6.28. The number of ketones is 1. The summed E-state index contributed by atoms with van der Waals surface area (Å²) in [5, 5.41) is 2.79. The molecule has 0 bridgehead atoms. The molecular formula is C19H25N3O3S. The molecule has 0 radical (unpaired) electrons. The maximum atomic E-state index is 11.9. The molecule has 0 aromatic carbocycles. The molecular weight excluding hydrogens is 350 g/mol. The fourth-order valence-electron chi connectivity index (χ4n) is 3.09. The molecule has 2 atom stereocenters. The van der Waals surface area contributed by atoms with E-state index in [0.29, 0.717) is 19.4 Å². The highest BCUT2D eigenvalue weighted by atomic mass is 32.1. The van der Waals surface area contributed by atoms with Gasteiger partial charge in [-0.2, -0.15) is 0 Å². The minimum absolute atomic E-state index is 0.144. The van der Waals surface area contributed by atoms with Crippen molar-refractivity contribution in [3.8, 4) is 11.4 Å². The predicted octanol–water partition coefficient (Wildman–Crippen LogP) is 2.97. The van der Waals surface area contributed by atoms with E-state index >= 15 is 0 Å². The molecule has 0 amide bonds. The van der Waals surface area contributed by atoms with Gasteiger partial charge in [0.1, 0.15) is 16.6 Å². The lowest BCUT2D eigenvalue weighted by Crippen LogP contribution is -2.45. The summed E-state index contributed by atoms with van der Waals surface area (Å²) < 4.78 is 10.7. The molecule has 6 nitrogen and oxygen atoms in total. The van der Waals surface area contributed by atoms with E-state index < -0.39 is 0 Å². The first-order chi connectivity index (χ1) is 12.5. The van der Waals surface area contributed by atoms with Crippen molar-refractivity contribution in [1.82, 2.24) is 9.97 Å². The summed E-state index contributed by atoms with van der Waals surface area (Å²) in [4.78, 5) is 23.5. The largest absolute Gasteiger partial charge is 0.384 e. The first kappa shape index (κ1) is 18.9. The van der Waals surface area contributed by atoms with Crippen LogP contribution in [0.5, 0.6) is 0 Å². The van der Waals surface area contributed by atoms with Gasteiger partial charge in [-0.25, -0.2) is 9.97 Å². The van der Waals surface area contributed by atoms with Gasteiger partial charge in [-0.05, 0) is 26.0 Å². The SMILES string of the molecule is COCCC(=O)Cc1nc(-c2cccc(N3C[C@@H](C)O[C@@H](C)C3)n2)cs1. The fraction of sp³-hybridized carbons (Fsp3) is 0.526. The van der Waals surface area contributed by atoms with Crippen LogP contribution in [0.4, 0.5) is 5.82 Å². The standard InChI is InChI=1S/C19H25N3O3S/c1-13-10-22(11-14(2)25-13)18-6-4-5-16(20-18)17-12-26-19(21-17)9-15(23)7-8-24-3/h4-6,12-14H,7-11H2,1-3H3/t13-,14+. The van der Waals surface area contributed by atoms with Gasteiger partial charge in [-0.15, -0.1) is 11.3 Å². The van der Waals surface area contributed by atoms with Crippen LogP contribution in [0.15, 0.2) is 23.6 Å². The molecule has 0 unspecified atom stereocenters. The normalized spacial score (nSPS) is 20.3. The highest BCUT2D eigenvalue weighted by Gasteiger charge is 2.23. The zero-order valence-electron chi connectivity index (χ0n) is 15.5. The summed E-state index contributed by atoms with van der Waals surface area (Å²) in [5.41, 5.74) is 1.65. The second-order valence-electron chi connectivity index (χ2n) is 6.63. The minimum atomic E-state index is 0.144. The Morgan fingerprint density at radius 3 is 2.77 bits per heavy atom. The monoisotopic (exact) mass is 375 g/mol. The molecule has 7 heteroatoms. The molecule has 1 aliphatic rings. The van der Waals surface area contributed by atoms with Gasteiger partial charge < -0.3 is 14.4 Å². The van der Waals surface area contributed by atoms with Crippen LogP contribution in [0.1, 0.15) is 25.3 Å². The maximum Gasteiger partial charge on any atom is 0.141 e. The Morgan fingerprint density at radius 2 is 2.04 bits per heavy atom. The highest BCUT2D eigenvalue weighted by Crippen LogP contribution is 2.25.